The van der Waals surface area contributed by atoms with Gasteiger partial charge in [-0.15, -0.1) is 17.9 Å². The molecule has 0 atom stereocenters. The van der Waals surface area contributed by atoms with Crippen LogP contribution in [0.25, 0.3) is 5.57 Å². The van der Waals surface area contributed by atoms with E-state index in [2.05, 4.69) is 18.1 Å². The Morgan fingerprint density at radius 2 is 2.56 bits per heavy atom. The lowest BCUT2D eigenvalue weighted by molar-refractivity contribution is 0.0717. The maximum absolute atomic E-state index is 11.6. The van der Waals surface area contributed by atoms with E-state index in [1.165, 1.54) is 4.88 Å². The minimum Gasteiger partial charge on any atom is -0.296 e. The molecule has 94 valence electrons. The molecule has 5 heteroatoms. The Kier molecular flexibility index (Phi) is 4.33. The molecular formula is C13H14N2O2S. The van der Waals surface area contributed by atoms with E-state index in [9.17, 15) is 4.79 Å². The zero-order chi connectivity index (χ0) is 12.8. The summed E-state index contributed by atoms with van der Waals surface area (Å²) in [4.78, 5) is 19.3. The van der Waals surface area contributed by atoms with E-state index in [-0.39, 0.29) is 6.03 Å². The van der Waals surface area contributed by atoms with E-state index >= 15 is 0 Å². The Balaban J connectivity index is 1.88. The van der Waals surface area contributed by atoms with Crippen LogP contribution in [0.15, 0.2) is 48.5 Å². The van der Waals surface area contributed by atoms with E-state index in [1.807, 2.05) is 23.6 Å². The molecule has 4 nitrogen and oxygen atoms in total. The smallest absolute Gasteiger partial charge is 0.296 e. The summed E-state index contributed by atoms with van der Waals surface area (Å²) in [5.41, 5.74) is 3.48. The minimum absolute atomic E-state index is 0.283. The third-order valence-corrected chi connectivity index (χ3v) is 3.29. The molecule has 1 aromatic heterocycles. The van der Waals surface area contributed by atoms with Crippen LogP contribution in [0.1, 0.15) is 4.88 Å². The highest BCUT2D eigenvalue weighted by Crippen LogP contribution is 2.23. The van der Waals surface area contributed by atoms with E-state index < -0.39 is 0 Å². The number of urea groups is 1. The maximum atomic E-state index is 11.6. The number of hydrogen-bond acceptors (Lipinski definition) is 3. The standard InChI is InChI=1S/C13H14N2O2S/c1-2-9-17-14-13(16)15-7-5-11(6-8-15)12-4-3-10-18-12/h2-7,10H,1,8-9H2,(H,14,16). The van der Waals surface area contributed by atoms with Gasteiger partial charge in [0.15, 0.2) is 0 Å². The Morgan fingerprint density at radius 3 is 3.17 bits per heavy atom. The van der Waals surface area contributed by atoms with Gasteiger partial charge in [-0.3, -0.25) is 9.74 Å². The van der Waals surface area contributed by atoms with Crippen LogP contribution in [-0.2, 0) is 4.84 Å². The van der Waals surface area contributed by atoms with Crippen molar-refractivity contribution in [2.75, 3.05) is 13.2 Å². The predicted octanol–water partition coefficient (Wildman–Crippen LogP) is 2.79. The number of amides is 2. The molecule has 0 spiro atoms. The van der Waals surface area contributed by atoms with Crippen LogP contribution >= 0.6 is 11.3 Å². The van der Waals surface area contributed by atoms with Gasteiger partial charge < -0.3 is 0 Å². The molecule has 1 aromatic rings. The quantitative estimate of drug-likeness (QED) is 0.515. The van der Waals surface area contributed by atoms with Crippen LogP contribution in [0.5, 0.6) is 0 Å². The molecule has 2 amide bonds. The van der Waals surface area contributed by atoms with Gasteiger partial charge in [0.05, 0.1) is 6.61 Å². The summed E-state index contributed by atoms with van der Waals surface area (Å²) in [6.07, 6.45) is 7.25. The second-order valence-electron chi connectivity index (χ2n) is 3.61. The van der Waals surface area contributed by atoms with Crippen molar-refractivity contribution < 1.29 is 9.63 Å². The van der Waals surface area contributed by atoms with E-state index in [0.717, 1.165) is 5.57 Å². The summed E-state index contributed by atoms with van der Waals surface area (Å²) >= 11 is 1.68. The third kappa shape index (κ3) is 3.09. The number of carbonyl (C=O) groups excluding carboxylic acids is 1. The average Bonchev–Trinajstić information content (AvgIpc) is 2.93. The second-order valence-corrected chi connectivity index (χ2v) is 4.56. The van der Waals surface area contributed by atoms with Crippen molar-refractivity contribution in [3.05, 3.63) is 53.4 Å². The van der Waals surface area contributed by atoms with Crippen molar-refractivity contribution in [3.63, 3.8) is 0 Å². The fourth-order valence-electron chi connectivity index (χ4n) is 1.49. The molecule has 1 aliphatic heterocycles. The molecule has 2 rings (SSSR count). The molecule has 0 aliphatic carbocycles. The summed E-state index contributed by atoms with van der Waals surface area (Å²) in [5, 5.41) is 2.03. The van der Waals surface area contributed by atoms with E-state index in [4.69, 9.17) is 4.84 Å². The number of nitrogens with one attached hydrogen (secondary N) is 1. The number of nitrogens with zero attached hydrogens (tertiary/aromatic N) is 1. The predicted molar refractivity (Wildman–Crippen MR) is 72.8 cm³/mol. The van der Waals surface area contributed by atoms with E-state index in [1.54, 1.807) is 28.5 Å². The third-order valence-electron chi connectivity index (χ3n) is 2.37. The lowest BCUT2D eigenvalue weighted by atomic mass is 10.1. The highest BCUT2D eigenvalue weighted by atomic mass is 32.1. The van der Waals surface area contributed by atoms with Gasteiger partial charge in [0.1, 0.15) is 0 Å². The highest BCUT2D eigenvalue weighted by Gasteiger charge is 2.13. The summed E-state index contributed by atoms with van der Waals surface area (Å²) < 4.78 is 0. The van der Waals surface area contributed by atoms with Gasteiger partial charge in [0.25, 0.3) is 0 Å². The topological polar surface area (TPSA) is 41.6 Å². The molecule has 0 bridgehead atoms. The molecule has 0 unspecified atom stereocenters. The lowest BCUT2D eigenvalue weighted by Crippen LogP contribution is -2.37. The first kappa shape index (κ1) is 12.6. The van der Waals surface area contributed by atoms with Gasteiger partial charge in [0.2, 0.25) is 0 Å². The summed E-state index contributed by atoms with van der Waals surface area (Å²) in [5.74, 6) is 0. The molecule has 0 aromatic carbocycles. The fraction of sp³-hybridized carbons (Fsp3) is 0.154. The van der Waals surface area contributed by atoms with E-state index in [0.29, 0.717) is 13.2 Å². The highest BCUT2D eigenvalue weighted by molar-refractivity contribution is 7.11. The van der Waals surface area contributed by atoms with Crippen molar-refractivity contribution in [1.82, 2.24) is 10.4 Å². The normalized spacial score (nSPS) is 14.2. The van der Waals surface area contributed by atoms with Gasteiger partial charge in [-0.2, -0.15) is 0 Å². The van der Waals surface area contributed by atoms with Crippen LogP contribution in [-0.4, -0.2) is 24.1 Å². The molecule has 0 radical (unpaired) electrons. The number of rotatable bonds is 4. The van der Waals surface area contributed by atoms with Gasteiger partial charge in [-0.05, 0) is 23.1 Å². The van der Waals surface area contributed by atoms with Crippen molar-refractivity contribution in [1.29, 1.82) is 0 Å². The summed E-state index contributed by atoms with van der Waals surface area (Å²) in [6.45, 7) is 4.32. The Morgan fingerprint density at radius 1 is 1.67 bits per heavy atom. The van der Waals surface area contributed by atoms with Crippen LogP contribution in [0, 0.1) is 0 Å². The Hall–Kier alpha value is -1.85. The van der Waals surface area contributed by atoms with Crippen LogP contribution in [0.3, 0.4) is 0 Å². The Bertz CT molecular complexity index is 477. The second kappa shape index (κ2) is 6.18. The van der Waals surface area contributed by atoms with Gasteiger partial charge >= 0.3 is 6.03 Å². The van der Waals surface area contributed by atoms with Crippen LogP contribution < -0.4 is 5.48 Å². The van der Waals surface area contributed by atoms with Gasteiger partial charge in [-0.25, -0.2) is 10.3 Å². The molecule has 0 fully saturated rings. The summed E-state index contributed by atoms with van der Waals surface area (Å²) in [6, 6.07) is 3.79. The monoisotopic (exact) mass is 262 g/mol. The first-order valence-electron chi connectivity index (χ1n) is 5.53. The SMILES string of the molecule is C=CCONC(=O)N1C=CC(c2cccs2)=CC1. The number of carbonyl (C=O) groups is 1. The zero-order valence-electron chi connectivity index (χ0n) is 9.83. The number of allylic oxidation sites excluding steroid dienone is 2. The van der Waals surface area contributed by atoms with Gasteiger partial charge in [0, 0.05) is 17.6 Å². The molecular weight excluding hydrogens is 248 g/mol. The van der Waals surface area contributed by atoms with Crippen molar-refractivity contribution in [2.24, 2.45) is 0 Å². The lowest BCUT2D eigenvalue weighted by Gasteiger charge is -2.20. The molecule has 18 heavy (non-hydrogen) atoms. The van der Waals surface area contributed by atoms with Crippen LogP contribution in [0.4, 0.5) is 4.79 Å². The zero-order valence-corrected chi connectivity index (χ0v) is 10.7. The Labute approximate surface area is 110 Å². The first-order chi connectivity index (χ1) is 8.81. The number of thiophene rings is 1. The van der Waals surface area contributed by atoms with Crippen molar-refractivity contribution in [2.45, 2.75) is 0 Å². The van der Waals surface area contributed by atoms with Crippen molar-refractivity contribution in [3.8, 4) is 0 Å². The van der Waals surface area contributed by atoms with Crippen molar-refractivity contribution >= 4 is 22.9 Å². The molecule has 0 saturated carbocycles. The molecule has 0 saturated heterocycles. The molecule has 1 N–H and O–H groups in total. The molecule has 1 aliphatic rings. The first-order valence-corrected chi connectivity index (χ1v) is 6.41. The van der Waals surface area contributed by atoms with Gasteiger partial charge in [-0.1, -0.05) is 18.2 Å². The maximum Gasteiger partial charge on any atom is 0.345 e. The van der Waals surface area contributed by atoms with Crippen LogP contribution in [0.2, 0.25) is 0 Å². The minimum atomic E-state index is -0.283. The average molecular weight is 262 g/mol. The molecule has 2 heterocycles. The number of hydrogen-bond donors (Lipinski definition) is 1. The fourth-order valence-corrected chi connectivity index (χ4v) is 2.24. The largest absolute Gasteiger partial charge is 0.345 e. The summed E-state index contributed by atoms with van der Waals surface area (Å²) in [7, 11) is 0. The number of hydroxylamine groups is 1.